The molecular weight excluding hydrogens is 464 g/mol. The zero-order valence-corrected chi connectivity index (χ0v) is 24.1. The van der Waals surface area contributed by atoms with Gasteiger partial charge in [0.2, 0.25) is 0 Å². The van der Waals surface area contributed by atoms with Gasteiger partial charge < -0.3 is 10.2 Å². The highest BCUT2D eigenvalue weighted by atomic mass is 16.3. The number of aryl methyl sites for hydroxylation is 1. The Kier molecular flexibility index (Phi) is 16.4. The average molecular weight is 517 g/mol. The second kappa shape index (κ2) is 19.6. The van der Waals surface area contributed by atoms with Gasteiger partial charge in [-0.2, -0.15) is 0 Å². The third kappa shape index (κ3) is 12.4. The van der Waals surface area contributed by atoms with E-state index in [0.717, 1.165) is 29.5 Å². The lowest BCUT2D eigenvalue weighted by atomic mass is 9.82. The average Bonchev–Trinajstić information content (AvgIpc) is 2.97. The normalized spacial score (nSPS) is 11.2. The molecule has 0 unspecified atom stereocenters. The molecular formula is C36H52O2. The van der Waals surface area contributed by atoms with E-state index in [2.05, 4.69) is 31.2 Å². The first-order valence-corrected chi connectivity index (χ1v) is 15.1. The van der Waals surface area contributed by atoms with Crippen LogP contribution in [-0.4, -0.2) is 10.2 Å². The smallest absolute Gasteiger partial charge is 0.115 e. The third-order valence-electron chi connectivity index (χ3n) is 7.45. The minimum atomic E-state index is -0.875. The molecule has 0 amide bonds. The molecule has 3 aromatic carbocycles. The Labute approximate surface area is 233 Å². The molecule has 2 nitrogen and oxygen atoms in total. The van der Waals surface area contributed by atoms with Gasteiger partial charge in [0, 0.05) is 0 Å². The molecule has 0 aliphatic rings. The van der Waals surface area contributed by atoms with Crippen LogP contribution in [-0.2, 0) is 12.2 Å². The molecule has 208 valence electrons. The molecule has 0 spiro atoms. The molecule has 3 aromatic rings. The van der Waals surface area contributed by atoms with Gasteiger partial charge >= 0.3 is 0 Å². The van der Waals surface area contributed by atoms with Crippen molar-refractivity contribution in [1.82, 2.24) is 0 Å². The number of hydrogen-bond donors (Lipinski definition) is 2. The summed E-state index contributed by atoms with van der Waals surface area (Å²) in [5, 5.41) is 20.2. The molecule has 0 fully saturated rings. The van der Waals surface area contributed by atoms with Gasteiger partial charge in [-0.25, -0.2) is 0 Å². The van der Waals surface area contributed by atoms with Gasteiger partial charge in [0.05, 0.1) is 6.61 Å². The highest BCUT2D eigenvalue weighted by Gasteiger charge is 2.30. The molecule has 2 N–H and O–H groups in total. The molecule has 38 heavy (non-hydrogen) atoms. The van der Waals surface area contributed by atoms with Crippen LogP contribution in [0.3, 0.4) is 0 Å². The fourth-order valence-corrected chi connectivity index (χ4v) is 4.98. The van der Waals surface area contributed by atoms with Crippen LogP contribution in [0.5, 0.6) is 0 Å². The van der Waals surface area contributed by atoms with Crippen LogP contribution in [0.1, 0.15) is 119 Å². The van der Waals surface area contributed by atoms with Gasteiger partial charge in [-0.3, -0.25) is 0 Å². The number of hydrogen-bond acceptors (Lipinski definition) is 2. The van der Waals surface area contributed by atoms with Gasteiger partial charge in [-0.05, 0) is 36.5 Å². The fraction of sp³-hybridized carbons (Fsp3) is 0.500. The van der Waals surface area contributed by atoms with E-state index in [9.17, 15) is 5.11 Å². The van der Waals surface area contributed by atoms with Crippen molar-refractivity contribution in [2.24, 2.45) is 0 Å². The van der Waals surface area contributed by atoms with Gasteiger partial charge in [-0.1, -0.05) is 174 Å². The monoisotopic (exact) mass is 516 g/mol. The topological polar surface area (TPSA) is 40.5 Å². The predicted octanol–water partition coefficient (Wildman–Crippen LogP) is 9.89. The molecule has 3 rings (SSSR count). The van der Waals surface area contributed by atoms with Crippen molar-refractivity contribution in [2.45, 2.75) is 116 Å². The number of benzene rings is 3. The van der Waals surface area contributed by atoms with Crippen molar-refractivity contribution in [2.75, 3.05) is 0 Å². The molecule has 0 radical (unpaired) electrons. The largest absolute Gasteiger partial charge is 0.392 e. The van der Waals surface area contributed by atoms with Crippen LogP contribution in [0.2, 0.25) is 0 Å². The van der Waals surface area contributed by atoms with E-state index in [4.69, 9.17) is 5.11 Å². The van der Waals surface area contributed by atoms with Crippen LogP contribution in [0.15, 0.2) is 84.9 Å². The zero-order valence-electron chi connectivity index (χ0n) is 24.1. The minimum absolute atomic E-state index is 0.139. The highest BCUT2D eigenvalue weighted by Crippen LogP contribution is 2.34. The number of rotatable bonds is 17. The maximum Gasteiger partial charge on any atom is 0.115 e. The van der Waals surface area contributed by atoms with Crippen LogP contribution in [0.25, 0.3) is 0 Å². The van der Waals surface area contributed by atoms with E-state index >= 15 is 0 Å². The van der Waals surface area contributed by atoms with Crippen LogP contribution < -0.4 is 0 Å². The van der Waals surface area contributed by atoms with Gasteiger partial charge in [-0.15, -0.1) is 0 Å². The lowest BCUT2D eigenvalue weighted by Crippen LogP contribution is -2.27. The summed E-state index contributed by atoms with van der Waals surface area (Å²) < 4.78 is 0. The molecule has 0 saturated heterocycles. The van der Waals surface area contributed by atoms with Crippen molar-refractivity contribution in [3.8, 4) is 0 Å². The van der Waals surface area contributed by atoms with Crippen LogP contribution in [0, 0.1) is 6.92 Å². The van der Waals surface area contributed by atoms with E-state index in [-0.39, 0.29) is 6.61 Å². The van der Waals surface area contributed by atoms with Crippen LogP contribution >= 0.6 is 0 Å². The van der Waals surface area contributed by atoms with E-state index in [1.54, 1.807) is 0 Å². The lowest BCUT2D eigenvalue weighted by Gasteiger charge is -2.29. The Morgan fingerprint density at radius 2 is 0.921 bits per heavy atom. The van der Waals surface area contributed by atoms with Crippen molar-refractivity contribution in [3.63, 3.8) is 0 Å². The molecule has 0 saturated carbocycles. The van der Waals surface area contributed by atoms with E-state index in [0.29, 0.717) is 0 Å². The minimum Gasteiger partial charge on any atom is -0.392 e. The molecule has 0 atom stereocenters. The maximum atomic E-state index is 11.5. The Morgan fingerprint density at radius 3 is 1.32 bits per heavy atom. The third-order valence-corrected chi connectivity index (χ3v) is 7.45. The summed E-state index contributed by atoms with van der Waals surface area (Å²) in [7, 11) is 0. The predicted molar refractivity (Wildman–Crippen MR) is 163 cm³/mol. The maximum absolute atomic E-state index is 11.5. The summed E-state index contributed by atoms with van der Waals surface area (Å²) in [4.78, 5) is 0. The Balaban J connectivity index is 0.000000474. The second-order valence-corrected chi connectivity index (χ2v) is 10.7. The Bertz CT molecular complexity index is 895. The first-order valence-electron chi connectivity index (χ1n) is 15.1. The van der Waals surface area contributed by atoms with E-state index in [1.165, 1.54) is 82.6 Å². The lowest BCUT2D eigenvalue weighted by molar-refractivity contribution is 0.0678. The molecule has 0 heterocycles. The molecule has 0 aliphatic heterocycles. The van der Waals surface area contributed by atoms with Gasteiger partial charge in [0.1, 0.15) is 5.60 Å². The summed E-state index contributed by atoms with van der Waals surface area (Å²) in [6, 6.07) is 28.2. The van der Waals surface area contributed by atoms with Crippen molar-refractivity contribution < 1.29 is 10.2 Å². The SMILES string of the molecule is CCCCCCCCCCCCCCCC(O)(c1ccccc1)c1ccccc1.Cc1ccc(CO)cc1. The quantitative estimate of drug-likeness (QED) is 0.175. The summed E-state index contributed by atoms with van der Waals surface area (Å²) in [6.45, 7) is 4.45. The highest BCUT2D eigenvalue weighted by molar-refractivity contribution is 5.35. The molecule has 0 aromatic heterocycles. The van der Waals surface area contributed by atoms with E-state index in [1.807, 2.05) is 67.6 Å². The van der Waals surface area contributed by atoms with Gasteiger partial charge in [0.15, 0.2) is 0 Å². The van der Waals surface area contributed by atoms with Crippen molar-refractivity contribution >= 4 is 0 Å². The molecule has 2 heteroatoms. The van der Waals surface area contributed by atoms with E-state index < -0.39 is 5.60 Å². The Morgan fingerprint density at radius 1 is 0.526 bits per heavy atom. The zero-order chi connectivity index (χ0) is 27.3. The molecule has 0 aliphatic carbocycles. The summed E-state index contributed by atoms with van der Waals surface area (Å²) >= 11 is 0. The Hall–Kier alpha value is -2.42. The number of aliphatic hydroxyl groups excluding tert-OH is 1. The van der Waals surface area contributed by atoms with Crippen molar-refractivity contribution in [1.29, 1.82) is 0 Å². The summed E-state index contributed by atoms with van der Waals surface area (Å²) in [5.41, 5.74) is 3.34. The number of unbranched alkanes of at least 4 members (excludes halogenated alkanes) is 12. The summed E-state index contributed by atoms with van der Waals surface area (Å²) in [6.07, 6.45) is 18.3. The standard InChI is InChI=1S/C28H42O.C8H10O/c1-2-3-4-5-6-7-8-9-10-11-12-13-20-25-28(29,26-21-16-14-17-22-26)27-23-18-15-19-24-27;1-7-2-4-8(6-9)5-3-7/h14-19,21-24,29H,2-13,20,25H2,1H3;2-5,9H,6H2,1H3. The van der Waals surface area contributed by atoms with Crippen LogP contribution in [0.4, 0.5) is 0 Å². The van der Waals surface area contributed by atoms with Gasteiger partial charge in [0.25, 0.3) is 0 Å². The second-order valence-electron chi connectivity index (χ2n) is 10.7. The first-order chi connectivity index (χ1) is 18.6. The molecule has 0 bridgehead atoms. The summed E-state index contributed by atoms with van der Waals surface area (Å²) in [5.74, 6) is 0. The fourth-order valence-electron chi connectivity index (χ4n) is 4.98. The number of aliphatic hydroxyl groups is 2. The van der Waals surface area contributed by atoms with Crippen molar-refractivity contribution in [3.05, 3.63) is 107 Å². The first kappa shape index (κ1) is 31.8.